The molecule has 0 aromatic heterocycles. The zero-order chi connectivity index (χ0) is 11.8. The van der Waals surface area contributed by atoms with Crippen molar-refractivity contribution in [2.45, 2.75) is 40.0 Å². The molecule has 0 saturated carbocycles. The van der Waals surface area contributed by atoms with E-state index in [-0.39, 0.29) is 18.2 Å². The highest BCUT2D eigenvalue weighted by Crippen LogP contribution is 2.17. The Bertz CT molecular complexity index is 216. The number of carboxylic acids is 1. The third kappa shape index (κ3) is 7.97. The van der Waals surface area contributed by atoms with E-state index in [9.17, 15) is 9.59 Å². The van der Waals surface area contributed by atoms with Gasteiger partial charge in [0.25, 0.3) is 0 Å². The van der Waals surface area contributed by atoms with Gasteiger partial charge in [-0.2, -0.15) is 0 Å². The first-order valence-corrected chi connectivity index (χ1v) is 5.41. The molecule has 0 rings (SSSR count). The number of carboxylic acid groups (broad SMARTS) is 1. The van der Waals surface area contributed by atoms with Gasteiger partial charge < -0.3 is 10.4 Å². The zero-order valence-electron chi connectivity index (χ0n) is 9.75. The summed E-state index contributed by atoms with van der Waals surface area (Å²) in [6, 6.07) is 0. The van der Waals surface area contributed by atoms with Crippen molar-refractivity contribution >= 4 is 11.9 Å². The van der Waals surface area contributed by atoms with Gasteiger partial charge in [-0.1, -0.05) is 20.3 Å². The van der Waals surface area contributed by atoms with Crippen molar-refractivity contribution in [1.82, 2.24) is 5.32 Å². The largest absolute Gasteiger partial charge is 0.481 e. The van der Waals surface area contributed by atoms with Gasteiger partial charge >= 0.3 is 5.97 Å². The number of hydrogen-bond acceptors (Lipinski definition) is 2. The quantitative estimate of drug-likeness (QED) is 0.678. The molecular formula is C11H21NO3. The maximum Gasteiger partial charge on any atom is 0.303 e. The van der Waals surface area contributed by atoms with E-state index >= 15 is 0 Å². The van der Waals surface area contributed by atoms with Gasteiger partial charge in [0, 0.05) is 19.9 Å². The highest BCUT2D eigenvalue weighted by molar-refractivity contribution is 5.73. The Morgan fingerprint density at radius 1 is 1.40 bits per heavy atom. The van der Waals surface area contributed by atoms with Crippen LogP contribution in [0.5, 0.6) is 0 Å². The molecule has 0 saturated heterocycles. The van der Waals surface area contributed by atoms with Gasteiger partial charge in [-0.05, 0) is 18.3 Å². The van der Waals surface area contributed by atoms with Crippen molar-refractivity contribution in [1.29, 1.82) is 0 Å². The van der Waals surface area contributed by atoms with Crippen LogP contribution in [0.3, 0.4) is 0 Å². The van der Waals surface area contributed by atoms with Crippen LogP contribution in [0.2, 0.25) is 0 Å². The van der Waals surface area contributed by atoms with Gasteiger partial charge in [0.2, 0.25) is 5.91 Å². The SMILES string of the molecule is CCC(C)CC(CNC(C)=O)CC(=O)O. The molecule has 0 aromatic rings. The standard InChI is InChI=1S/C11H21NO3/c1-4-8(2)5-10(6-11(14)15)7-12-9(3)13/h8,10H,4-7H2,1-3H3,(H,12,13)(H,14,15). The first-order chi connectivity index (χ1) is 6.95. The predicted octanol–water partition coefficient (Wildman–Crippen LogP) is 1.65. The van der Waals surface area contributed by atoms with Crippen molar-refractivity contribution in [2.75, 3.05) is 6.54 Å². The summed E-state index contributed by atoms with van der Waals surface area (Å²) in [6.45, 7) is 6.09. The first kappa shape index (κ1) is 13.9. The van der Waals surface area contributed by atoms with Crippen molar-refractivity contribution in [3.8, 4) is 0 Å². The van der Waals surface area contributed by atoms with Gasteiger partial charge in [0.05, 0.1) is 0 Å². The third-order valence-electron chi connectivity index (χ3n) is 2.54. The van der Waals surface area contributed by atoms with Crippen LogP contribution in [0.4, 0.5) is 0 Å². The third-order valence-corrected chi connectivity index (χ3v) is 2.54. The molecule has 0 aliphatic carbocycles. The number of hydrogen-bond donors (Lipinski definition) is 2. The van der Waals surface area contributed by atoms with Crippen LogP contribution in [0.25, 0.3) is 0 Å². The molecule has 15 heavy (non-hydrogen) atoms. The lowest BCUT2D eigenvalue weighted by Gasteiger charge is -2.18. The van der Waals surface area contributed by atoms with E-state index in [1.807, 2.05) is 0 Å². The monoisotopic (exact) mass is 215 g/mol. The number of amides is 1. The molecule has 2 atom stereocenters. The topological polar surface area (TPSA) is 66.4 Å². The van der Waals surface area contributed by atoms with E-state index in [1.54, 1.807) is 0 Å². The molecular weight excluding hydrogens is 194 g/mol. The number of nitrogens with one attached hydrogen (secondary N) is 1. The normalized spacial score (nSPS) is 14.3. The summed E-state index contributed by atoms with van der Waals surface area (Å²) in [5.41, 5.74) is 0. The molecule has 0 bridgehead atoms. The molecule has 0 aromatic carbocycles. The minimum absolute atomic E-state index is 0.0429. The van der Waals surface area contributed by atoms with E-state index in [0.29, 0.717) is 12.5 Å². The van der Waals surface area contributed by atoms with Crippen LogP contribution in [-0.2, 0) is 9.59 Å². The van der Waals surface area contributed by atoms with Crippen molar-refractivity contribution in [3.63, 3.8) is 0 Å². The maximum absolute atomic E-state index is 10.7. The van der Waals surface area contributed by atoms with E-state index < -0.39 is 5.97 Å². The number of rotatable bonds is 7. The Kier molecular flexibility index (Phi) is 6.75. The van der Waals surface area contributed by atoms with Gasteiger partial charge in [-0.3, -0.25) is 9.59 Å². The highest BCUT2D eigenvalue weighted by atomic mass is 16.4. The van der Waals surface area contributed by atoms with Crippen LogP contribution >= 0.6 is 0 Å². The minimum Gasteiger partial charge on any atom is -0.481 e. The summed E-state index contributed by atoms with van der Waals surface area (Å²) < 4.78 is 0. The second kappa shape index (κ2) is 7.26. The molecule has 4 nitrogen and oxygen atoms in total. The molecule has 88 valence electrons. The Morgan fingerprint density at radius 2 is 2.00 bits per heavy atom. The lowest BCUT2D eigenvalue weighted by atomic mass is 9.91. The second-order valence-corrected chi connectivity index (χ2v) is 4.15. The van der Waals surface area contributed by atoms with E-state index in [1.165, 1.54) is 6.92 Å². The maximum atomic E-state index is 10.7. The number of carbonyl (C=O) groups excluding carboxylic acids is 1. The summed E-state index contributed by atoms with van der Waals surface area (Å²) in [4.78, 5) is 21.3. The molecule has 0 aliphatic heterocycles. The first-order valence-electron chi connectivity index (χ1n) is 5.41. The van der Waals surface area contributed by atoms with Gasteiger partial charge in [0.1, 0.15) is 0 Å². The fraction of sp³-hybridized carbons (Fsp3) is 0.818. The van der Waals surface area contributed by atoms with E-state index in [2.05, 4.69) is 19.2 Å². The number of aliphatic carboxylic acids is 1. The van der Waals surface area contributed by atoms with Crippen molar-refractivity contribution < 1.29 is 14.7 Å². The fourth-order valence-corrected chi connectivity index (χ4v) is 1.51. The predicted molar refractivity (Wildman–Crippen MR) is 58.5 cm³/mol. The molecule has 2 N–H and O–H groups in total. The zero-order valence-corrected chi connectivity index (χ0v) is 9.75. The van der Waals surface area contributed by atoms with Gasteiger partial charge in [-0.15, -0.1) is 0 Å². The molecule has 4 heteroatoms. The Balaban J connectivity index is 4.05. The van der Waals surface area contributed by atoms with Crippen LogP contribution in [0.1, 0.15) is 40.0 Å². The Morgan fingerprint density at radius 3 is 2.40 bits per heavy atom. The van der Waals surface area contributed by atoms with Crippen molar-refractivity contribution in [2.24, 2.45) is 11.8 Å². The summed E-state index contributed by atoms with van der Waals surface area (Å²) in [7, 11) is 0. The summed E-state index contributed by atoms with van der Waals surface area (Å²) in [6.07, 6.45) is 2.02. The minimum atomic E-state index is -0.798. The summed E-state index contributed by atoms with van der Waals surface area (Å²) >= 11 is 0. The number of carbonyl (C=O) groups is 2. The van der Waals surface area contributed by atoms with Crippen LogP contribution in [0.15, 0.2) is 0 Å². The van der Waals surface area contributed by atoms with Crippen LogP contribution in [0, 0.1) is 11.8 Å². The average molecular weight is 215 g/mol. The average Bonchev–Trinajstić information content (AvgIpc) is 2.13. The van der Waals surface area contributed by atoms with Gasteiger partial charge in [0.15, 0.2) is 0 Å². The fourth-order valence-electron chi connectivity index (χ4n) is 1.51. The molecule has 0 radical (unpaired) electrons. The van der Waals surface area contributed by atoms with E-state index in [4.69, 9.17) is 5.11 Å². The van der Waals surface area contributed by atoms with Gasteiger partial charge in [-0.25, -0.2) is 0 Å². The second-order valence-electron chi connectivity index (χ2n) is 4.15. The van der Waals surface area contributed by atoms with E-state index in [0.717, 1.165) is 12.8 Å². The molecule has 0 aliphatic rings. The Labute approximate surface area is 91.1 Å². The lowest BCUT2D eigenvalue weighted by Crippen LogP contribution is -2.29. The Hall–Kier alpha value is -1.06. The smallest absolute Gasteiger partial charge is 0.303 e. The molecule has 0 heterocycles. The van der Waals surface area contributed by atoms with Crippen LogP contribution in [-0.4, -0.2) is 23.5 Å². The molecule has 2 unspecified atom stereocenters. The van der Waals surface area contributed by atoms with Crippen molar-refractivity contribution in [3.05, 3.63) is 0 Å². The lowest BCUT2D eigenvalue weighted by molar-refractivity contribution is -0.138. The van der Waals surface area contributed by atoms with Crippen LogP contribution < -0.4 is 5.32 Å². The summed E-state index contributed by atoms with van der Waals surface area (Å²) in [5.74, 6) is -0.354. The molecule has 0 spiro atoms. The highest BCUT2D eigenvalue weighted by Gasteiger charge is 2.16. The molecule has 1 amide bonds. The molecule has 0 fully saturated rings. The summed E-state index contributed by atoms with van der Waals surface area (Å²) in [5, 5.41) is 11.4.